The van der Waals surface area contributed by atoms with Crippen LogP contribution in [0.4, 0.5) is 23.3 Å². The van der Waals surface area contributed by atoms with Gasteiger partial charge in [0.1, 0.15) is 23.1 Å². The molecule has 0 unspecified atom stereocenters. The van der Waals surface area contributed by atoms with Crippen molar-refractivity contribution in [1.29, 1.82) is 0 Å². The largest absolute Gasteiger partial charge is 0.457 e. The van der Waals surface area contributed by atoms with E-state index < -0.39 is 0 Å². The van der Waals surface area contributed by atoms with E-state index in [4.69, 9.17) is 10.5 Å². The van der Waals surface area contributed by atoms with Crippen LogP contribution in [0, 0.1) is 0 Å². The van der Waals surface area contributed by atoms with Gasteiger partial charge in [-0.2, -0.15) is 4.98 Å². The molecule has 2 aromatic heterocycles. The zero-order valence-electron chi connectivity index (χ0n) is 19.1. The van der Waals surface area contributed by atoms with Crippen molar-refractivity contribution >= 4 is 23.3 Å². The zero-order valence-corrected chi connectivity index (χ0v) is 19.1. The minimum atomic E-state index is 0.212. The number of aromatic nitrogens is 3. The Morgan fingerprint density at radius 1 is 0.853 bits per heavy atom. The summed E-state index contributed by atoms with van der Waals surface area (Å²) in [6, 6.07) is 23.4. The SMILES string of the molecule is CN1CCN(c2cc(Oc3cccc(Nc4cc(-c5ccccc5)nc(N)n4)c3)ccn2)CC1. The fourth-order valence-corrected chi connectivity index (χ4v) is 3.88. The minimum Gasteiger partial charge on any atom is -0.457 e. The Morgan fingerprint density at radius 2 is 1.65 bits per heavy atom. The van der Waals surface area contributed by atoms with Crippen molar-refractivity contribution in [2.45, 2.75) is 0 Å². The molecule has 2 aromatic carbocycles. The molecule has 0 aliphatic carbocycles. The first-order chi connectivity index (χ1) is 16.6. The maximum atomic E-state index is 6.15. The molecule has 0 atom stereocenters. The lowest BCUT2D eigenvalue weighted by atomic mass is 10.1. The van der Waals surface area contributed by atoms with Crippen LogP contribution in [0.3, 0.4) is 0 Å². The molecule has 5 rings (SSSR count). The Kier molecular flexibility index (Phi) is 6.22. The maximum Gasteiger partial charge on any atom is 0.222 e. The molecule has 4 aromatic rings. The molecular formula is C26H27N7O. The standard InChI is InChI=1S/C26H27N7O/c1-32-12-14-33(15-13-32)25-17-22(10-11-28-25)34-21-9-5-8-20(16-21)29-24-18-23(30-26(27)31-24)19-6-3-2-4-7-19/h2-11,16-18H,12-15H2,1H3,(H3,27,29,30,31). The molecule has 0 saturated carbocycles. The molecule has 0 bridgehead atoms. The van der Waals surface area contributed by atoms with Gasteiger partial charge in [0.25, 0.3) is 0 Å². The third-order valence-corrected chi connectivity index (χ3v) is 5.70. The summed E-state index contributed by atoms with van der Waals surface area (Å²) in [5.74, 6) is 3.23. The number of ether oxygens (including phenoxy) is 1. The van der Waals surface area contributed by atoms with Crippen LogP contribution in [-0.4, -0.2) is 53.1 Å². The molecule has 0 amide bonds. The molecule has 1 fully saturated rings. The van der Waals surface area contributed by atoms with E-state index in [2.05, 4.69) is 37.1 Å². The van der Waals surface area contributed by atoms with Crippen molar-refractivity contribution in [2.75, 3.05) is 49.2 Å². The summed E-state index contributed by atoms with van der Waals surface area (Å²) in [6.07, 6.45) is 1.79. The van der Waals surface area contributed by atoms with Gasteiger partial charge >= 0.3 is 0 Å². The second kappa shape index (κ2) is 9.76. The van der Waals surface area contributed by atoms with E-state index >= 15 is 0 Å². The van der Waals surface area contributed by atoms with Crippen LogP contribution in [-0.2, 0) is 0 Å². The predicted molar refractivity (Wildman–Crippen MR) is 136 cm³/mol. The molecule has 8 heteroatoms. The Hall–Kier alpha value is -4.17. The topological polar surface area (TPSA) is 92.4 Å². The van der Waals surface area contributed by atoms with E-state index in [-0.39, 0.29) is 5.95 Å². The van der Waals surface area contributed by atoms with Gasteiger partial charge < -0.3 is 25.6 Å². The van der Waals surface area contributed by atoms with E-state index in [0.717, 1.165) is 54.7 Å². The van der Waals surface area contributed by atoms with Crippen LogP contribution < -0.4 is 20.7 Å². The minimum absolute atomic E-state index is 0.212. The van der Waals surface area contributed by atoms with Crippen molar-refractivity contribution in [3.63, 3.8) is 0 Å². The first-order valence-corrected chi connectivity index (χ1v) is 11.3. The van der Waals surface area contributed by atoms with Gasteiger partial charge in [0.2, 0.25) is 5.95 Å². The lowest BCUT2D eigenvalue weighted by Gasteiger charge is -2.33. The Morgan fingerprint density at radius 3 is 2.47 bits per heavy atom. The normalized spacial score (nSPS) is 14.1. The number of nitrogens with one attached hydrogen (secondary N) is 1. The maximum absolute atomic E-state index is 6.15. The second-order valence-electron chi connectivity index (χ2n) is 8.26. The summed E-state index contributed by atoms with van der Waals surface area (Å²) in [5, 5.41) is 3.31. The molecule has 1 aliphatic heterocycles. The van der Waals surface area contributed by atoms with Crippen molar-refractivity contribution in [3.8, 4) is 22.8 Å². The summed E-state index contributed by atoms with van der Waals surface area (Å²) >= 11 is 0. The number of piperazine rings is 1. The Bertz CT molecular complexity index is 1260. The van der Waals surface area contributed by atoms with E-state index in [1.807, 2.05) is 72.8 Å². The van der Waals surface area contributed by atoms with E-state index in [0.29, 0.717) is 11.6 Å². The van der Waals surface area contributed by atoms with E-state index in [1.54, 1.807) is 6.20 Å². The van der Waals surface area contributed by atoms with Crippen molar-refractivity contribution in [3.05, 3.63) is 79.0 Å². The summed E-state index contributed by atoms with van der Waals surface area (Å²) in [6.45, 7) is 3.97. The number of nitrogens with two attached hydrogens (primary N) is 1. The van der Waals surface area contributed by atoms with E-state index in [1.165, 1.54) is 0 Å². The molecule has 1 saturated heterocycles. The van der Waals surface area contributed by atoms with Crippen LogP contribution in [0.5, 0.6) is 11.5 Å². The average molecular weight is 454 g/mol. The average Bonchev–Trinajstić information content (AvgIpc) is 2.85. The molecule has 172 valence electrons. The zero-order chi connectivity index (χ0) is 23.3. The molecule has 3 N–H and O–H groups in total. The van der Waals surface area contributed by atoms with Gasteiger partial charge in [0.15, 0.2) is 0 Å². The van der Waals surface area contributed by atoms with Gasteiger partial charge in [-0.05, 0) is 25.2 Å². The number of nitrogens with zero attached hydrogens (tertiary/aromatic N) is 5. The number of pyridine rings is 1. The van der Waals surface area contributed by atoms with Crippen LogP contribution in [0.2, 0.25) is 0 Å². The molecule has 3 heterocycles. The predicted octanol–water partition coefficient (Wildman–Crippen LogP) is 4.41. The summed E-state index contributed by atoms with van der Waals surface area (Å²) < 4.78 is 6.15. The van der Waals surface area contributed by atoms with Gasteiger partial charge in [-0.3, -0.25) is 0 Å². The van der Waals surface area contributed by atoms with Gasteiger partial charge in [0, 0.05) is 61.8 Å². The molecule has 34 heavy (non-hydrogen) atoms. The summed E-state index contributed by atoms with van der Waals surface area (Å²) in [4.78, 5) is 17.8. The molecule has 0 spiro atoms. The molecular weight excluding hydrogens is 426 g/mol. The monoisotopic (exact) mass is 453 g/mol. The first kappa shape index (κ1) is 21.7. The molecule has 0 radical (unpaired) electrons. The highest BCUT2D eigenvalue weighted by atomic mass is 16.5. The van der Waals surface area contributed by atoms with Gasteiger partial charge in [-0.25, -0.2) is 9.97 Å². The van der Waals surface area contributed by atoms with Crippen LogP contribution in [0.1, 0.15) is 0 Å². The van der Waals surface area contributed by atoms with Crippen LogP contribution >= 0.6 is 0 Å². The fourth-order valence-electron chi connectivity index (χ4n) is 3.88. The Labute approximate surface area is 199 Å². The number of hydrogen-bond donors (Lipinski definition) is 2. The number of likely N-dealkylation sites (N-methyl/N-ethyl adjacent to an activating group) is 1. The Balaban J connectivity index is 1.31. The van der Waals surface area contributed by atoms with Crippen LogP contribution in [0.25, 0.3) is 11.3 Å². The molecule has 1 aliphatic rings. The van der Waals surface area contributed by atoms with Crippen molar-refractivity contribution in [1.82, 2.24) is 19.9 Å². The highest BCUT2D eigenvalue weighted by Crippen LogP contribution is 2.28. The van der Waals surface area contributed by atoms with E-state index in [9.17, 15) is 0 Å². The van der Waals surface area contributed by atoms with Crippen molar-refractivity contribution in [2.24, 2.45) is 0 Å². The highest BCUT2D eigenvalue weighted by molar-refractivity contribution is 5.67. The van der Waals surface area contributed by atoms with Crippen LogP contribution in [0.15, 0.2) is 79.0 Å². The number of rotatable bonds is 6. The summed E-state index contributed by atoms with van der Waals surface area (Å²) in [5.41, 5.74) is 8.54. The van der Waals surface area contributed by atoms with Gasteiger partial charge in [-0.15, -0.1) is 0 Å². The third kappa shape index (κ3) is 5.24. The second-order valence-corrected chi connectivity index (χ2v) is 8.26. The number of nitrogen functional groups attached to an aromatic ring is 1. The number of hydrogen-bond acceptors (Lipinski definition) is 8. The lowest BCUT2D eigenvalue weighted by Crippen LogP contribution is -2.44. The lowest BCUT2D eigenvalue weighted by molar-refractivity contribution is 0.312. The third-order valence-electron chi connectivity index (χ3n) is 5.70. The van der Waals surface area contributed by atoms with Gasteiger partial charge in [-0.1, -0.05) is 36.4 Å². The summed E-state index contributed by atoms with van der Waals surface area (Å²) in [7, 11) is 2.14. The number of benzene rings is 2. The fraction of sp³-hybridized carbons (Fsp3) is 0.192. The number of anilines is 4. The highest BCUT2D eigenvalue weighted by Gasteiger charge is 2.16. The molecule has 8 nitrogen and oxygen atoms in total. The first-order valence-electron chi connectivity index (χ1n) is 11.3. The van der Waals surface area contributed by atoms with Crippen molar-refractivity contribution < 1.29 is 4.74 Å². The smallest absolute Gasteiger partial charge is 0.222 e. The quantitative estimate of drug-likeness (QED) is 0.444. The van der Waals surface area contributed by atoms with Gasteiger partial charge in [0.05, 0.1) is 5.69 Å².